The van der Waals surface area contributed by atoms with Crippen molar-refractivity contribution in [3.8, 4) is 0 Å². The number of nitrogens with one attached hydrogen (secondary N) is 1. The standard InChI is InChI=1S/C9H12N2O3S/c1-6(2)14-8(13)5-7(12)11-9-10-3-4-15-9/h3-4,6H,5H2,1-2H3,(H,10,11,12). The van der Waals surface area contributed by atoms with Crippen molar-refractivity contribution in [1.29, 1.82) is 0 Å². The number of nitrogens with zero attached hydrogens (tertiary/aromatic N) is 1. The first kappa shape index (κ1) is 11.6. The molecule has 0 atom stereocenters. The highest BCUT2D eigenvalue weighted by atomic mass is 32.1. The molecule has 6 heteroatoms. The first-order valence-electron chi connectivity index (χ1n) is 4.46. The molecule has 0 spiro atoms. The number of amides is 1. The average Bonchev–Trinajstić information content (AvgIpc) is 2.53. The van der Waals surface area contributed by atoms with Crippen molar-refractivity contribution in [2.45, 2.75) is 26.4 Å². The van der Waals surface area contributed by atoms with E-state index in [1.807, 2.05) is 0 Å². The van der Waals surface area contributed by atoms with Crippen LogP contribution in [0.3, 0.4) is 0 Å². The normalized spacial score (nSPS) is 10.1. The van der Waals surface area contributed by atoms with Crippen molar-refractivity contribution < 1.29 is 14.3 Å². The number of aromatic nitrogens is 1. The van der Waals surface area contributed by atoms with E-state index in [1.54, 1.807) is 25.4 Å². The van der Waals surface area contributed by atoms with Crippen LogP contribution in [0.2, 0.25) is 0 Å². The summed E-state index contributed by atoms with van der Waals surface area (Å²) >= 11 is 1.30. The highest BCUT2D eigenvalue weighted by Gasteiger charge is 2.12. The highest BCUT2D eigenvalue weighted by molar-refractivity contribution is 7.13. The van der Waals surface area contributed by atoms with Crippen LogP contribution < -0.4 is 5.32 Å². The maximum atomic E-state index is 11.3. The van der Waals surface area contributed by atoms with Crippen molar-refractivity contribution in [3.63, 3.8) is 0 Å². The lowest BCUT2D eigenvalue weighted by Gasteiger charge is -2.06. The monoisotopic (exact) mass is 228 g/mol. The van der Waals surface area contributed by atoms with E-state index in [2.05, 4.69) is 10.3 Å². The molecular formula is C9H12N2O3S. The van der Waals surface area contributed by atoms with Gasteiger partial charge in [0.05, 0.1) is 6.10 Å². The number of carbonyl (C=O) groups excluding carboxylic acids is 2. The van der Waals surface area contributed by atoms with Gasteiger partial charge < -0.3 is 10.1 Å². The van der Waals surface area contributed by atoms with E-state index in [0.29, 0.717) is 5.13 Å². The molecule has 1 aromatic heterocycles. The molecule has 1 amide bonds. The molecule has 0 saturated carbocycles. The molecule has 0 aliphatic carbocycles. The van der Waals surface area contributed by atoms with Gasteiger partial charge in [-0.2, -0.15) is 0 Å². The van der Waals surface area contributed by atoms with Gasteiger partial charge in [0.2, 0.25) is 5.91 Å². The highest BCUT2D eigenvalue weighted by Crippen LogP contribution is 2.10. The molecule has 0 radical (unpaired) electrons. The molecule has 0 unspecified atom stereocenters. The van der Waals surface area contributed by atoms with Gasteiger partial charge in [0.25, 0.3) is 0 Å². The molecule has 15 heavy (non-hydrogen) atoms. The first-order valence-corrected chi connectivity index (χ1v) is 5.34. The Morgan fingerprint density at radius 3 is 2.87 bits per heavy atom. The predicted octanol–water partition coefficient (Wildman–Crippen LogP) is 1.42. The Morgan fingerprint density at radius 2 is 2.33 bits per heavy atom. The second-order valence-corrected chi connectivity index (χ2v) is 4.00. The molecule has 0 aliphatic heterocycles. The van der Waals surface area contributed by atoms with Gasteiger partial charge in [0.1, 0.15) is 6.42 Å². The summed E-state index contributed by atoms with van der Waals surface area (Å²) in [6.07, 6.45) is 1.09. The van der Waals surface area contributed by atoms with Crippen molar-refractivity contribution in [2.75, 3.05) is 5.32 Å². The van der Waals surface area contributed by atoms with Gasteiger partial charge in [-0.05, 0) is 13.8 Å². The second-order valence-electron chi connectivity index (χ2n) is 3.10. The van der Waals surface area contributed by atoms with Crippen LogP contribution in [0.1, 0.15) is 20.3 Å². The Kier molecular flexibility index (Phi) is 4.23. The molecule has 0 saturated heterocycles. The second kappa shape index (κ2) is 5.45. The summed E-state index contributed by atoms with van der Waals surface area (Å²) < 4.78 is 4.82. The van der Waals surface area contributed by atoms with Crippen LogP contribution in [-0.2, 0) is 14.3 Å². The van der Waals surface area contributed by atoms with Crippen LogP contribution in [0, 0.1) is 0 Å². The van der Waals surface area contributed by atoms with Crippen LogP contribution in [-0.4, -0.2) is 23.0 Å². The molecule has 5 nitrogen and oxygen atoms in total. The van der Waals surface area contributed by atoms with E-state index in [0.717, 1.165) is 0 Å². The van der Waals surface area contributed by atoms with Crippen molar-refractivity contribution in [1.82, 2.24) is 4.98 Å². The number of rotatable bonds is 4. The number of anilines is 1. The lowest BCUT2D eigenvalue weighted by molar-refractivity contribution is -0.148. The van der Waals surface area contributed by atoms with Crippen LogP contribution in [0.5, 0.6) is 0 Å². The maximum absolute atomic E-state index is 11.3. The minimum absolute atomic E-state index is 0.204. The lowest BCUT2D eigenvalue weighted by Crippen LogP contribution is -2.20. The van der Waals surface area contributed by atoms with Gasteiger partial charge in [-0.1, -0.05) is 0 Å². The number of esters is 1. The Bertz CT molecular complexity index is 335. The van der Waals surface area contributed by atoms with Crippen molar-refractivity contribution >= 4 is 28.3 Å². The Morgan fingerprint density at radius 1 is 1.60 bits per heavy atom. The zero-order valence-electron chi connectivity index (χ0n) is 8.52. The molecule has 1 N–H and O–H groups in total. The zero-order chi connectivity index (χ0) is 11.3. The molecule has 0 bridgehead atoms. The summed E-state index contributed by atoms with van der Waals surface area (Å²) in [6, 6.07) is 0. The minimum Gasteiger partial charge on any atom is -0.463 e. The summed E-state index contributed by atoms with van der Waals surface area (Å²) in [5, 5.41) is 4.72. The van der Waals surface area contributed by atoms with E-state index in [1.165, 1.54) is 11.3 Å². The van der Waals surface area contributed by atoms with Crippen molar-refractivity contribution in [2.24, 2.45) is 0 Å². The smallest absolute Gasteiger partial charge is 0.315 e. The largest absolute Gasteiger partial charge is 0.463 e. The van der Waals surface area contributed by atoms with Gasteiger partial charge in [-0.15, -0.1) is 11.3 Å². The van der Waals surface area contributed by atoms with E-state index in [9.17, 15) is 9.59 Å². The molecule has 1 aromatic rings. The van der Waals surface area contributed by atoms with Gasteiger partial charge in [0.15, 0.2) is 5.13 Å². The lowest BCUT2D eigenvalue weighted by atomic mass is 10.4. The summed E-state index contributed by atoms with van der Waals surface area (Å²) in [5.41, 5.74) is 0. The average molecular weight is 228 g/mol. The van der Waals surface area contributed by atoms with Gasteiger partial charge in [-0.25, -0.2) is 4.98 Å². The minimum atomic E-state index is -0.529. The number of ether oxygens (including phenoxy) is 1. The topological polar surface area (TPSA) is 68.3 Å². The molecule has 1 rings (SSSR count). The number of carbonyl (C=O) groups is 2. The van der Waals surface area contributed by atoms with Gasteiger partial charge >= 0.3 is 5.97 Å². The summed E-state index contributed by atoms with van der Waals surface area (Å²) in [4.78, 5) is 26.2. The molecular weight excluding hydrogens is 216 g/mol. The van der Waals surface area contributed by atoms with Crippen LogP contribution in [0.4, 0.5) is 5.13 Å². The SMILES string of the molecule is CC(C)OC(=O)CC(=O)Nc1nccs1. The third kappa shape index (κ3) is 4.55. The Labute approximate surface area is 91.5 Å². The van der Waals surface area contributed by atoms with E-state index in [-0.39, 0.29) is 12.5 Å². The molecule has 0 fully saturated rings. The van der Waals surface area contributed by atoms with E-state index >= 15 is 0 Å². The fourth-order valence-corrected chi connectivity index (χ4v) is 1.43. The zero-order valence-corrected chi connectivity index (χ0v) is 9.34. The maximum Gasteiger partial charge on any atom is 0.315 e. The molecule has 0 aliphatic rings. The van der Waals surface area contributed by atoms with Gasteiger partial charge in [-0.3, -0.25) is 9.59 Å². The Hall–Kier alpha value is -1.43. The first-order chi connectivity index (χ1) is 7.08. The predicted molar refractivity (Wildman–Crippen MR) is 56.6 cm³/mol. The van der Waals surface area contributed by atoms with E-state index < -0.39 is 11.9 Å². The summed E-state index contributed by atoms with van der Waals surface area (Å²) in [6.45, 7) is 3.47. The van der Waals surface area contributed by atoms with E-state index in [4.69, 9.17) is 4.74 Å². The Balaban J connectivity index is 2.33. The quantitative estimate of drug-likeness (QED) is 0.625. The third-order valence-corrected chi connectivity index (χ3v) is 2.04. The van der Waals surface area contributed by atoms with Gasteiger partial charge in [0, 0.05) is 11.6 Å². The van der Waals surface area contributed by atoms with Crippen LogP contribution in [0.25, 0.3) is 0 Å². The summed E-state index contributed by atoms with van der Waals surface area (Å²) in [7, 11) is 0. The molecule has 0 aromatic carbocycles. The fraction of sp³-hybridized carbons (Fsp3) is 0.444. The van der Waals surface area contributed by atoms with Crippen molar-refractivity contribution in [3.05, 3.63) is 11.6 Å². The summed E-state index contributed by atoms with van der Waals surface area (Å²) in [5.74, 6) is -0.936. The van der Waals surface area contributed by atoms with Crippen LogP contribution in [0.15, 0.2) is 11.6 Å². The van der Waals surface area contributed by atoms with Crippen LogP contribution >= 0.6 is 11.3 Å². The molecule has 1 heterocycles. The third-order valence-electron chi connectivity index (χ3n) is 1.35. The number of hydrogen-bond donors (Lipinski definition) is 1. The number of thiazole rings is 1. The number of hydrogen-bond acceptors (Lipinski definition) is 5. The fourth-order valence-electron chi connectivity index (χ4n) is 0.884. The molecule has 82 valence electrons.